The maximum atomic E-state index is 13.1. The molecule has 0 radical (unpaired) electrons. The third-order valence-electron chi connectivity index (χ3n) is 5.91. The lowest BCUT2D eigenvalue weighted by molar-refractivity contribution is -0.120. The van der Waals surface area contributed by atoms with Gasteiger partial charge >= 0.3 is 0 Å². The van der Waals surface area contributed by atoms with Gasteiger partial charge in [0.15, 0.2) is 11.6 Å². The van der Waals surface area contributed by atoms with E-state index < -0.39 is 0 Å². The minimum atomic E-state index is -0.259. The zero-order chi connectivity index (χ0) is 21.4. The fourth-order valence-corrected chi connectivity index (χ4v) is 4.34. The lowest BCUT2D eigenvalue weighted by atomic mass is 9.99. The number of imidazole rings is 1. The molecule has 3 aromatic rings. The molecule has 1 fully saturated rings. The Morgan fingerprint density at radius 1 is 1.10 bits per heavy atom. The molecule has 3 aromatic heterocycles. The molecular weight excluding hydrogens is 396 g/mol. The van der Waals surface area contributed by atoms with Crippen molar-refractivity contribution >= 4 is 17.4 Å². The second-order valence-electron chi connectivity index (χ2n) is 7.66. The Hall–Kier alpha value is -3.40. The summed E-state index contributed by atoms with van der Waals surface area (Å²) in [5.41, 5.74) is 1.35. The van der Waals surface area contributed by atoms with Crippen LogP contribution >= 0.6 is 0 Å². The first kappa shape index (κ1) is 19.6. The van der Waals surface area contributed by atoms with Crippen molar-refractivity contribution < 1.29 is 9.53 Å². The highest BCUT2D eigenvalue weighted by Crippen LogP contribution is 2.38. The normalized spacial score (nSPS) is 19.5. The summed E-state index contributed by atoms with van der Waals surface area (Å²) in [7, 11) is 1.79. The zero-order valence-electron chi connectivity index (χ0n) is 17.5. The molecule has 10 nitrogen and oxygen atoms in total. The van der Waals surface area contributed by atoms with Gasteiger partial charge in [0.05, 0.1) is 12.4 Å². The fourth-order valence-electron chi connectivity index (χ4n) is 4.34. The lowest BCUT2D eigenvalue weighted by Crippen LogP contribution is -2.57. The van der Waals surface area contributed by atoms with E-state index in [1.807, 2.05) is 6.92 Å². The number of hydrogen-bond donors (Lipinski definition) is 0. The molecule has 160 valence electrons. The third-order valence-corrected chi connectivity index (χ3v) is 5.91. The number of hydrogen-bond acceptors (Lipinski definition) is 8. The average Bonchev–Trinajstić information content (AvgIpc) is 3.32. The lowest BCUT2D eigenvalue weighted by Gasteiger charge is -2.45. The number of likely N-dealkylation sites (N-methyl/N-ethyl adjacent to an activating group) is 1. The van der Waals surface area contributed by atoms with Crippen molar-refractivity contribution in [2.45, 2.75) is 38.3 Å². The fraction of sp³-hybridized carbons (Fsp3) is 0.429. The van der Waals surface area contributed by atoms with Crippen LogP contribution in [0.1, 0.15) is 26.2 Å². The SMILES string of the molecule is CC[C@@H]1C(=O)N(C)c2cnc(-n3ccnc3-c3cnccn3)nc2N1C1CCOCC1. The number of rotatable bonds is 4. The van der Waals surface area contributed by atoms with Crippen LogP contribution in [0, 0.1) is 0 Å². The van der Waals surface area contributed by atoms with Crippen molar-refractivity contribution in [2.24, 2.45) is 0 Å². The van der Waals surface area contributed by atoms with Crippen molar-refractivity contribution in [3.63, 3.8) is 0 Å². The topological polar surface area (TPSA) is 102 Å². The first-order chi connectivity index (χ1) is 15.2. The summed E-state index contributed by atoms with van der Waals surface area (Å²) >= 11 is 0. The molecule has 5 heterocycles. The van der Waals surface area contributed by atoms with Gasteiger partial charge in [-0.1, -0.05) is 6.92 Å². The summed E-state index contributed by atoms with van der Waals surface area (Å²) in [4.78, 5) is 39.4. The highest BCUT2D eigenvalue weighted by Gasteiger charge is 2.41. The van der Waals surface area contributed by atoms with E-state index in [2.05, 4.69) is 24.8 Å². The molecule has 1 saturated heterocycles. The molecule has 0 saturated carbocycles. The van der Waals surface area contributed by atoms with Crippen molar-refractivity contribution in [1.82, 2.24) is 29.5 Å². The number of carbonyl (C=O) groups excluding carboxylic acids is 1. The van der Waals surface area contributed by atoms with Crippen molar-refractivity contribution in [1.29, 1.82) is 0 Å². The predicted octanol–water partition coefficient (Wildman–Crippen LogP) is 1.86. The van der Waals surface area contributed by atoms with Gasteiger partial charge in [0.25, 0.3) is 0 Å². The molecule has 10 heteroatoms. The van der Waals surface area contributed by atoms with E-state index in [1.165, 1.54) is 0 Å². The van der Waals surface area contributed by atoms with Gasteiger partial charge in [-0.25, -0.2) is 15.0 Å². The molecule has 0 N–H and O–H groups in total. The number of nitrogens with zero attached hydrogens (tertiary/aromatic N) is 8. The Bertz CT molecular complexity index is 1080. The largest absolute Gasteiger partial charge is 0.381 e. The van der Waals surface area contributed by atoms with Gasteiger partial charge in [-0.15, -0.1) is 0 Å². The van der Waals surface area contributed by atoms with E-state index in [9.17, 15) is 4.79 Å². The van der Waals surface area contributed by atoms with E-state index in [4.69, 9.17) is 9.72 Å². The van der Waals surface area contributed by atoms with Crippen LogP contribution in [-0.4, -0.2) is 67.7 Å². The average molecular weight is 420 g/mol. The summed E-state index contributed by atoms with van der Waals surface area (Å²) < 4.78 is 7.36. The summed E-state index contributed by atoms with van der Waals surface area (Å²) in [6.45, 7) is 3.42. The standard InChI is InChI=1S/C21H24N8O2/c1-3-16-20(30)27(2)17-13-25-21(26-19(17)29(16)14-4-10-31-11-5-14)28-9-8-24-18(28)15-12-22-6-7-23-15/h6-9,12-14,16H,3-5,10-11H2,1-2H3/t16-/m1/s1. The first-order valence-electron chi connectivity index (χ1n) is 10.5. The molecule has 0 aromatic carbocycles. The predicted molar refractivity (Wildman–Crippen MR) is 114 cm³/mol. The van der Waals surface area contributed by atoms with Crippen molar-refractivity contribution in [2.75, 3.05) is 30.1 Å². The Kier molecular flexibility index (Phi) is 5.06. The Balaban J connectivity index is 1.62. The minimum absolute atomic E-state index is 0.0701. The molecule has 1 atom stereocenters. The van der Waals surface area contributed by atoms with E-state index in [1.54, 1.807) is 53.7 Å². The number of carbonyl (C=O) groups is 1. The Labute approximate surface area is 179 Å². The number of aromatic nitrogens is 6. The smallest absolute Gasteiger partial charge is 0.249 e. The van der Waals surface area contributed by atoms with Gasteiger partial charge < -0.3 is 14.5 Å². The van der Waals surface area contributed by atoms with Gasteiger partial charge in [-0.2, -0.15) is 4.98 Å². The van der Waals surface area contributed by atoms with Gasteiger partial charge in [-0.3, -0.25) is 14.3 Å². The maximum absolute atomic E-state index is 13.1. The van der Waals surface area contributed by atoms with Crippen LogP contribution in [-0.2, 0) is 9.53 Å². The Morgan fingerprint density at radius 2 is 1.94 bits per heavy atom. The molecule has 2 aliphatic rings. The van der Waals surface area contributed by atoms with Gasteiger partial charge in [0.2, 0.25) is 11.9 Å². The molecule has 31 heavy (non-hydrogen) atoms. The maximum Gasteiger partial charge on any atom is 0.249 e. The first-order valence-corrected chi connectivity index (χ1v) is 10.5. The van der Waals surface area contributed by atoms with Crippen molar-refractivity contribution in [3.05, 3.63) is 37.2 Å². The number of amides is 1. The molecule has 0 unspecified atom stereocenters. The second kappa shape index (κ2) is 8.03. The second-order valence-corrected chi connectivity index (χ2v) is 7.66. The monoisotopic (exact) mass is 420 g/mol. The van der Waals surface area contributed by atoms with Gasteiger partial charge in [0.1, 0.15) is 17.4 Å². The Morgan fingerprint density at radius 3 is 2.68 bits per heavy atom. The van der Waals surface area contributed by atoms with E-state index in [0.29, 0.717) is 42.8 Å². The van der Waals surface area contributed by atoms with Crippen LogP contribution < -0.4 is 9.80 Å². The van der Waals surface area contributed by atoms with Gasteiger partial charge in [0, 0.05) is 51.1 Å². The van der Waals surface area contributed by atoms with Crippen molar-refractivity contribution in [3.8, 4) is 17.5 Å². The zero-order valence-corrected chi connectivity index (χ0v) is 17.5. The summed E-state index contributed by atoms with van der Waals surface area (Å²) in [6, 6.07) is -0.0642. The molecular formula is C21H24N8O2. The van der Waals surface area contributed by atoms with Crippen LogP contribution in [0.5, 0.6) is 0 Å². The highest BCUT2D eigenvalue weighted by atomic mass is 16.5. The van der Waals surface area contributed by atoms with Crippen LogP contribution in [0.4, 0.5) is 11.5 Å². The van der Waals surface area contributed by atoms with E-state index in [-0.39, 0.29) is 18.0 Å². The molecule has 0 spiro atoms. The van der Waals surface area contributed by atoms with Crippen LogP contribution in [0.3, 0.4) is 0 Å². The van der Waals surface area contributed by atoms with Gasteiger partial charge in [-0.05, 0) is 19.3 Å². The van der Waals surface area contributed by atoms with Crippen LogP contribution in [0.2, 0.25) is 0 Å². The molecule has 0 aliphatic carbocycles. The molecule has 0 bridgehead atoms. The van der Waals surface area contributed by atoms with Crippen LogP contribution in [0.25, 0.3) is 17.5 Å². The minimum Gasteiger partial charge on any atom is -0.381 e. The summed E-state index contributed by atoms with van der Waals surface area (Å²) in [6.07, 6.45) is 12.5. The third kappa shape index (κ3) is 3.32. The van der Waals surface area contributed by atoms with E-state index in [0.717, 1.165) is 18.7 Å². The molecule has 1 amide bonds. The van der Waals surface area contributed by atoms with Crippen LogP contribution in [0.15, 0.2) is 37.2 Å². The number of anilines is 2. The number of ether oxygens (including phenoxy) is 1. The number of fused-ring (bicyclic) bond motifs is 1. The summed E-state index contributed by atoms with van der Waals surface area (Å²) in [5.74, 6) is 1.93. The molecule has 2 aliphatic heterocycles. The molecule has 5 rings (SSSR count). The highest BCUT2D eigenvalue weighted by molar-refractivity contribution is 6.04. The quantitative estimate of drug-likeness (QED) is 0.630. The summed E-state index contributed by atoms with van der Waals surface area (Å²) in [5, 5.41) is 0. The van der Waals surface area contributed by atoms with E-state index >= 15 is 0 Å².